The summed E-state index contributed by atoms with van der Waals surface area (Å²) in [4.78, 5) is 12.1. The minimum Gasteiger partial charge on any atom is -0.493 e. The van der Waals surface area contributed by atoms with E-state index < -0.39 is 0 Å². The molecule has 116 valence electrons. The summed E-state index contributed by atoms with van der Waals surface area (Å²) in [5, 5.41) is 0. The third kappa shape index (κ3) is 2.97. The number of cyclic esters (lactones) is 1. The van der Waals surface area contributed by atoms with Crippen molar-refractivity contribution in [2.45, 2.75) is 0 Å². The maximum absolute atomic E-state index is 12.1. The minimum atomic E-state index is -0.381. The lowest BCUT2D eigenvalue weighted by atomic mass is 10.1. The lowest BCUT2D eigenvalue weighted by molar-refractivity contribution is -0.130. The molecule has 0 aliphatic carbocycles. The van der Waals surface area contributed by atoms with E-state index in [0.29, 0.717) is 22.8 Å². The molecule has 0 radical (unpaired) electrons. The fourth-order valence-electron chi connectivity index (χ4n) is 2.43. The number of methoxy groups -OCH3 is 2. The fourth-order valence-corrected chi connectivity index (χ4v) is 2.43. The topological polar surface area (TPSA) is 44.8 Å². The number of ether oxygens (including phenoxy) is 3. The number of rotatable bonds is 4. The standard InChI is InChI=1S/C19H16O4/c1-21-16-10-6-9-14(18(16)22-2)11-15-12-17(23-19(15)20)13-7-4-3-5-8-13/h3-12H,1-2H3/b15-11+. The summed E-state index contributed by atoms with van der Waals surface area (Å²) in [6.07, 6.45) is 3.47. The van der Waals surface area contributed by atoms with Crippen LogP contribution in [0.4, 0.5) is 0 Å². The van der Waals surface area contributed by atoms with Crippen LogP contribution in [0.1, 0.15) is 11.1 Å². The van der Waals surface area contributed by atoms with Crippen LogP contribution in [-0.2, 0) is 9.53 Å². The van der Waals surface area contributed by atoms with Crippen molar-refractivity contribution < 1.29 is 19.0 Å². The normalized spacial score (nSPS) is 15.3. The quantitative estimate of drug-likeness (QED) is 0.638. The van der Waals surface area contributed by atoms with Gasteiger partial charge in [-0.3, -0.25) is 0 Å². The molecule has 1 aliphatic rings. The van der Waals surface area contributed by atoms with Crippen molar-refractivity contribution in [3.05, 3.63) is 71.3 Å². The van der Waals surface area contributed by atoms with Crippen LogP contribution in [0.5, 0.6) is 11.5 Å². The molecule has 0 saturated carbocycles. The summed E-state index contributed by atoms with van der Waals surface area (Å²) in [6.45, 7) is 0. The molecular formula is C19H16O4. The lowest BCUT2D eigenvalue weighted by Crippen LogP contribution is -1.98. The van der Waals surface area contributed by atoms with Crippen LogP contribution in [0.15, 0.2) is 60.2 Å². The number of carbonyl (C=O) groups excluding carboxylic acids is 1. The van der Waals surface area contributed by atoms with Gasteiger partial charge in [-0.05, 0) is 18.2 Å². The van der Waals surface area contributed by atoms with Crippen LogP contribution in [0.3, 0.4) is 0 Å². The van der Waals surface area contributed by atoms with E-state index >= 15 is 0 Å². The van der Waals surface area contributed by atoms with Gasteiger partial charge in [-0.25, -0.2) is 4.79 Å². The summed E-state index contributed by atoms with van der Waals surface area (Å²) in [5.74, 6) is 1.36. The molecule has 1 aliphatic heterocycles. The van der Waals surface area contributed by atoms with Gasteiger partial charge in [0, 0.05) is 11.1 Å². The molecule has 0 amide bonds. The summed E-state index contributed by atoms with van der Waals surface area (Å²) in [5.41, 5.74) is 2.08. The Bertz CT molecular complexity index is 788. The maximum atomic E-state index is 12.1. The van der Waals surface area contributed by atoms with Crippen LogP contribution in [0.2, 0.25) is 0 Å². The van der Waals surface area contributed by atoms with E-state index in [4.69, 9.17) is 14.2 Å². The van der Waals surface area contributed by atoms with Crippen LogP contribution in [0, 0.1) is 0 Å². The number of hydrogen-bond donors (Lipinski definition) is 0. The number of carbonyl (C=O) groups is 1. The third-order valence-corrected chi connectivity index (χ3v) is 3.53. The Hall–Kier alpha value is -3.01. The molecule has 4 heteroatoms. The van der Waals surface area contributed by atoms with E-state index in [9.17, 15) is 4.79 Å². The Balaban J connectivity index is 2.00. The molecule has 23 heavy (non-hydrogen) atoms. The highest BCUT2D eigenvalue weighted by molar-refractivity contribution is 6.05. The summed E-state index contributed by atoms with van der Waals surface area (Å²) in [7, 11) is 3.14. The molecule has 0 fully saturated rings. The minimum absolute atomic E-state index is 0.381. The van der Waals surface area contributed by atoms with Gasteiger partial charge in [-0.1, -0.05) is 42.5 Å². The van der Waals surface area contributed by atoms with Gasteiger partial charge in [0.05, 0.1) is 19.8 Å². The third-order valence-electron chi connectivity index (χ3n) is 3.53. The van der Waals surface area contributed by atoms with E-state index in [0.717, 1.165) is 11.1 Å². The van der Waals surface area contributed by atoms with Gasteiger partial charge in [-0.2, -0.15) is 0 Å². The summed E-state index contributed by atoms with van der Waals surface area (Å²) >= 11 is 0. The second kappa shape index (κ2) is 6.40. The van der Waals surface area contributed by atoms with Crippen LogP contribution < -0.4 is 9.47 Å². The Morgan fingerprint density at radius 1 is 0.957 bits per heavy atom. The fraction of sp³-hybridized carbons (Fsp3) is 0.105. The van der Waals surface area contributed by atoms with Crippen molar-refractivity contribution >= 4 is 17.8 Å². The second-order valence-corrected chi connectivity index (χ2v) is 4.95. The molecule has 2 aromatic carbocycles. The molecule has 0 atom stereocenters. The molecule has 0 saturated heterocycles. The predicted octanol–water partition coefficient (Wildman–Crippen LogP) is 3.69. The highest BCUT2D eigenvalue weighted by Gasteiger charge is 2.22. The largest absolute Gasteiger partial charge is 0.493 e. The number of benzene rings is 2. The van der Waals surface area contributed by atoms with Crippen molar-refractivity contribution in [3.63, 3.8) is 0 Å². The molecule has 0 N–H and O–H groups in total. The molecule has 0 aromatic heterocycles. The van der Waals surface area contributed by atoms with Crippen molar-refractivity contribution in [2.75, 3.05) is 14.2 Å². The van der Waals surface area contributed by atoms with Crippen LogP contribution in [-0.4, -0.2) is 20.2 Å². The van der Waals surface area contributed by atoms with Crippen molar-refractivity contribution in [3.8, 4) is 11.5 Å². The Morgan fingerprint density at radius 2 is 1.74 bits per heavy atom. The van der Waals surface area contributed by atoms with Gasteiger partial charge in [-0.15, -0.1) is 0 Å². The molecule has 2 aromatic rings. The number of hydrogen-bond acceptors (Lipinski definition) is 4. The average molecular weight is 308 g/mol. The van der Waals surface area contributed by atoms with E-state index in [1.807, 2.05) is 42.5 Å². The first-order chi connectivity index (χ1) is 11.2. The number of esters is 1. The first kappa shape index (κ1) is 14.9. The van der Waals surface area contributed by atoms with E-state index in [-0.39, 0.29) is 5.97 Å². The zero-order chi connectivity index (χ0) is 16.2. The van der Waals surface area contributed by atoms with Gasteiger partial charge in [0.1, 0.15) is 5.76 Å². The maximum Gasteiger partial charge on any atom is 0.343 e. The van der Waals surface area contributed by atoms with Crippen molar-refractivity contribution in [2.24, 2.45) is 0 Å². The van der Waals surface area contributed by atoms with E-state index in [2.05, 4.69) is 0 Å². The Labute approximate surface area is 134 Å². The lowest BCUT2D eigenvalue weighted by Gasteiger charge is -2.10. The molecule has 0 spiro atoms. The van der Waals surface area contributed by atoms with Gasteiger partial charge >= 0.3 is 5.97 Å². The number of para-hydroxylation sites is 1. The molecule has 1 heterocycles. The Morgan fingerprint density at radius 3 is 2.43 bits per heavy atom. The molecule has 0 bridgehead atoms. The van der Waals surface area contributed by atoms with Gasteiger partial charge in [0.2, 0.25) is 0 Å². The van der Waals surface area contributed by atoms with Gasteiger partial charge in [0.25, 0.3) is 0 Å². The summed E-state index contributed by atoms with van der Waals surface area (Å²) < 4.78 is 16.0. The summed E-state index contributed by atoms with van der Waals surface area (Å²) in [6, 6.07) is 15.0. The molecule has 3 rings (SSSR count). The monoisotopic (exact) mass is 308 g/mol. The van der Waals surface area contributed by atoms with Crippen LogP contribution in [0.25, 0.3) is 11.8 Å². The van der Waals surface area contributed by atoms with Gasteiger partial charge in [0.15, 0.2) is 11.5 Å². The van der Waals surface area contributed by atoms with Gasteiger partial charge < -0.3 is 14.2 Å². The van der Waals surface area contributed by atoms with Crippen molar-refractivity contribution in [1.82, 2.24) is 0 Å². The predicted molar refractivity (Wildman–Crippen MR) is 88.0 cm³/mol. The molecular weight excluding hydrogens is 292 g/mol. The molecule has 0 unspecified atom stereocenters. The zero-order valence-corrected chi connectivity index (χ0v) is 12.9. The highest BCUT2D eigenvalue weighted by Crippen LogP contribution is 2.34. The zero-order valence-electron chi connectivity index (χ0n) is 12.9. The SMILES string of the molecule is COc1cccc(/C=C2\C=C(c3ccccc3)OC2=O)c1OC. The average Bonchev–Trinajstić information content (AvgIpc) is 2.96. The van der Waals surface area contributed by atoms with E-state index in [1.54, 1.807) is 32.4 Å². The Kier molecular flexibility index (Phi) is 4.15. The first-order valence-corrected chi connectivity index (χ1v) is 7.15. The first-order valence-electron chi connectivity index (χ1n) is 7.15. The molecule has 4 nitrogen and oxygen atoms in total. The van der Waals surface area contributed by atoms with E-state index in [1.165, 1.54) is 0 Å². The second-order valence-electron chi connectivity index (χ2n) is 4.95. The van der Waals surface area contributed by atoms with Crippen LogP contribution >= 0.6 is 0 Å². The highest BCUT2D eigenvalue weighted by atomic mass is 16.5. The van der Waals surface area contributed by atoms with Crippen molar-refractivity contribution in [1.29, 1.82) is 0 Å². The smallest absolute Gasteiger partial charge is 0.343 e.